The Morgan fingerprint density at radius 1 is 1.33 bits per heavy atom. The summed E-state index contributed by atoms with van der Waals surface area (Å²) in [6.07, 6.45) is 1.00. The number of hydrogen-bond acceptors (Lipinski definition) is 5. The molecule has 2 N–H and O–H groups in total. The van der Waals surface area contributed by atoms with Crippen molar-refractivity contribution in [3.63, 3.8) is 0 Å². The fourth-order valence-corrected chi connectivity index (χ4v) is 2.65. The standard InChI is InChI=1S/C14H17BrN4OS/c1-3-8-16-14-19-18-13(21-14)12(20)17-9(2)10-4-6-11(15)7-5-10/h4-7,9H,3,8H2,1-2H3,(H,16,19)(H,17,20). The fourth-order valence-electron chi connectivity index (χ4n) is 1.71. The lowest BCUT2D eigenvalue weighted by Gasteiger charge is -2.13. The van der Waals surface area contributed by atoms with E-state index < -0.39 is 0 Å². The summed E-state index contributed by atoms with van der Waals surface area (Å²) < 4.78 is 1.01. The van der Waals surface area contributed by atoms with Crippen LogP contribution in [0.5, 0.6) is 0 Å². The zero-order valence-electron chi connectivity index (χ0n) is 11.9. The highest BCUT2D eigenvalue weighted by Crippen LogP contribution is 2.19. The highest BCUT2D eigenvalue weighted by Gasteiger charge is 2.15. The molecule has 0 saturated carbocycles. The molecule has 0 aliphatic heterocycles. The number of benzene rings is 1. The summed E-state index contributed by atoms with van der Waals surface area (Å²) in [4.78, 5) is 12.1. The average Bonchev–Trinajstić information content (AvgIpc) is 2.94. The van der Waals surface area contributed by atoms with E-state index in [-0.39, 0.29) is 11.9 Å². The van der Waals surface area contributed by atoms with Crippen LogP contribution in [0.1, 0.15) is 41.7 Å². The Bertz CT molecular complexity index is 599. The Kier molecular flexibility index (Phi) is 5.69. The zero-order valence-corrected chi connectivity index (χ0v) is 14.3. The Morgan fingerprint density at radius 3 is 2.71 bits per heavy atom. The van der Waals surface area contributed by atoms with Gasteiger partial charge in [0.25, 0.3) is 5.91 Å². The minimum atomic E-state index is -0.201. The number of carbonyl (C=O) groups is 1. The minimum Gasteiger partial charge on any atom is -0.360 e. The van der Waals surface area contributed by atoms with Gasteiger partial charge in [0.2, 0.25) is 10.1 Å². The molecule has 0 spiro atoms. The second-order valence-electron chi connectivity index (χ2n) is 4.59. The van der Waals surface area contributed by atoms with Gasteiger partial charge < -0.3 is 10.6 Å². The first-order valence-corrected chi connectivity index (χ1v) is 8.34. The molecule has 0 aliphatic rings. The number of nitrogens with zero attached hydrogens (tertiary/aromatic N) is 2. The molecule has 1 amide bonds. The number of hydrogen-bond donors (Lipinski definition) is 2. The Labute approximate surface area is 136 Å². The maximum Gasteiger partial charge on any atom is 0.282 e. The highest BCUT2D eigenvalue weighted by molar-refractivity contribution is 9.10. The van der Waals surface area contributed by atoms with Crippen molar-refractivity contribution in [2.24, 2.45) is 0 Å². The first-order chi connectivity index (χ1) is 10.1. The number of carbonyl (C=O) groups excluding carboxylic acids is 1. The number of amides is 1. The summed E-state index contributed by atoms with van der Waals surface area (Å²) in [5.41, 5.74) is 1.04. The largest absolute Gasteiger partial charge is 0.360 e. The molecule has 0 saturated heterocycles. The summed E-state index contributed by atoms with van der Waals surface area (Å²) in [5.74, 6) is -0.201. The van der Waals surface area contributed by atoms with Gasteiger partial charge in [-0.25, -0.2) is 0 Å². The van der Waals surface area contributed by atoms with Gasteiger partial charge in [0.1, 0.15) is 0 Å². The molecule has 1 unspecified atom stereocenters. The summed E-state index contributed by atoms with van der Waals surface area (Å²) in [6, 6.07) is 7.78. The van der Waals surface area contributed by atoms with E-state index in [2.05, 4.69) is 43.7 Å². The molecule has 0 radical (unpaired) electrons. The number of halogens is 1. The van der Waals surface area contributed by atoms with Crippen LogP contribution in [0.25, 0.3) is 0 Å². The van der Waals surface area contributed by atoms with E-state index in [9.17, 15) is 4.79 Å². The van der Waals surface area contributed by atoms with E-state index in [1.807, 2.05) is 31.2 Å². The molecule has 1 aromatic carbocycles. The van der Waals surface area contributed by atoms with Crippen LogP contribution >= 0.6 is 27.3 Å². The van der Waals surface area contributed by atoms with E-state index in [4.69, 9.17) is 0 Å². The smallest absolute Gasteiger partial charge is 0.282 e. The fraction of sp³-hybridized carbons (Fsp3) is 0.357. The van der Waals surface area contributed by atoms with Gasteiger partial charge in [-0.2, -0.15) is 0 Å². The number of aromatic nitrogens is 2. The van der Waals surface area contributed by atoms with Gasteiger partial charge in [0.15, 0.2) is 0 Å². The van der Waals surface area contributed by atoms with Crippen molar-refractivity contribution in [2.45, 2.75) is 26.3 Å². The van der Waals surface area contributed by atoms with Crippen LogP contribution in [-0.4, -0.2) is 22.6 Å². The number of nitrogens with one attached hydrogen (secondary N) is 2. The van der Waals surface area contributed by atoms with Crippen LogP contribution < -0.4 is 10.6 Å². The molecule has 0 bridgehead atoms. The van der Waals surface area contributed by atoms with Crippen molar-refractivity contribution in [1.82, 2.24) is 15.5 Å². The Hall–Kier alpha value is -1.47. The van der Waals surface area contributed by atoms with Crippen molar-refractivity contribution in [3.05, 3.63) is 39.3 Å². The van der Waals surface area contributed by atoms with Crippen molar-refractivity contribution < 1.29 is 4.79 Å². The topological polar surface area (TPSA) is 66.9 Å². The third-order valence-electron chi connectivity index (χ3n) is 2.86. The molecule has 0 aliphatic carbocycles. The lowest BCUT2D eigenvalue weighted by Crippen LogP contribution is -2.26. The molecular weight excluding hydrogens is 352 g/mol. The third kappa shape index (κ3) is 4.50. The van der Waals surface area contributed by atoms with Crippen molar-refractivity contribution in [2.75, 3.05) is 11.9 Å². The Balaban J connectivity index is 1.97. The SMILES string of the molecule is CCCNc1nnc(C(=O)NC(C)c2ccc(Br)cc2)s1. The monoisotopic (exact) mass is 368 g/mol. The predicted octanol–water partition coefficient (Wildman–Crippen LogP) is 3.61. The molecule has 21 heavy (non-hydrogen) atoms. The number of anilines is 1. The van der Waals surface area contributed by atoms with Gasteiger partial charge in [0.05, 0.1) is 6.04 Å². The third-order valence-corrected chi connectivity index (χ3v) is 4.27. The van der Waals surface area contributed by atoms with E-state index >= 15 is 0 Å². The quantitative estimate of drug-likeness (QED) is 0.816. The molecule has 112 valence electrons. The molecule has 0 fully saturated rings. The molecule has 2 aromatic rings. The van der Waals surface area contributed by atoms with Crippen molar-refractivity contribution in [1.29, 1.82) is 0 Å². The predicted molar refractivity (Wildman–Crippen MR) is 88.7 cm³/mol. The van der Waals surface area contributed by atoms with Crippen LogP contribution in [0.4, 0.5) is 5.13 Å². The van der Waals surface area contributed by atoms with Crippen LogP contribution in [-0.2, 0) is 0 Å². The zero-order chi connectivity index (χ0) is 15.2. The molecule has 5 nitrogen and oxygen atoms in total. The maximum absolute atomic E-state index is 12.1. The first kappa shape index (κ1) is 15.9. The van der Waals surface area contributed by atoms with Gasteiger partial charge in [0, 0.05) is 11.0 Å². The molecule has 1 atom stereocenters. The lowest BCUT2D eigenvalue weighted by molar-refractivity contribution is 0.0939. The number of rotatable bonds is 6. The average molecular weight is 369 g/mol. The van der Waals surface area contributed by atoms with Crippen LogP contribution in [0, 0.1) is 0 Å². The second-order valence-corrected chi connectivity index (χ2v) is 6.48. The van der Waals surface area contributed by atoms with Gasteiger partial charge in [-0.3, -0.25) is 4.79 Å². The Morgan fingerprint density at radius 2 is 2.05 bits per heavy atom. The summed E-state index contributed by atoms with van der Waals surface area (Å²) >= 11 is 4.66. The second kappa shape index (κ2) is 7.51. The minimum absolute atomic E-state index is 0.0819. The van der Waals surface area contributed by atoms with Gasteiger partial charge in [-0.1, -0.05) is 46.3 Å². The van der Waals surface area contributed by atoms with E-state index in [1.54, 1.807) is 0 Å². The summed E-state index contributed by atoms with van der Waals surface area (Å²) in [7, 11) is 0. The highest BCUT2D eigenvalue weighted by atomic mass is 79.9. The van der Waals surface area contributed by atoms with Crippen LogP contribution in [0.3, 0.4) is 0 Å². The molecule has 1 aromatic heterocycles. The van der Waals surface area contributed by atoms with Crippen LogP contribution in [0.2, 0.25) is 0 Å². The van der Waals surface area contributed by atoms with Gasteiger partial charge in [-0.05, 0) is 31.0 Å². The van der Waals surface area contributed by atoms with Crippen molar-refractivity contribution in [3.8, 4) is 0 Å². The lowest BCUT2D eigenvalue weighted by atomic mass is 10.1. The van der Waals surface area contributed by atoms with Crippen molar-refractivity contribution >= 4 is 38.3 Å². The summed E-state index contributed by atoms with van der Waals surface area (Å²) in [6.45, 7) is 4.84. The van der Waals surface area contributed by atoms with Gasteiger partial charge >= 0.3 is 0 Å². The summed E-state index contributed by atoms with van der Waals surface area (Å²) in [5, 5.41) is 15.0. The van der Waals surface area contributed by atoms with E-state index in [0.717, 1.165) is 23.0 Å². The van der Waals surface area contributed by atoms with E-state index in [0.29, 0.717) is 10.1 Å². The molecule has 1 heterocycles. The van der Waals surface area contributed by atoms with Gasteiger partial charge in [-0.15, -0.1) is 10.2 Å². The van der Waals surface area contributed by atoms with E-state index in [1.165, 1.54) is 11.3 Å². The molecule has 7 heteroatoms. The molecular formula is C14H17BrN4OS. The maximum atomic E-state index is 12.1. The van der Waals surface area contributed by atoms with Crippen LogP contribution in [0.15, 0.2) is 28.7 Å². The normalized spacial score (nSPS) is 12.0. The molecule has 2 rings (SSSR count). The first-order valence-electron chi connectivity index (χ1n) is 6.74.